The third-order valence-corrected chi connectivity index (χ3v) is 3.87. The quantitative estimate of drug-likeness (QED) is 0.507. The molecule has 1 heterocycles. The van der Waals surface area contributed by atoms with Crippen molar-refractivity contribution in [1.29, 1.82) is 0 Å². The second-order valence-electron chi connectivity index (χ2n) is 5.82. The van der Waals surface area contributed by atoms with Crippen LogP contribution < -0.4 is 30.0 Å². The third kappa shape index (κ3) is 6.57. The van der Waals surface area contributed by atoms with Crippen molar-refractivity contribution in [3.05, 3.63) is 42.5 Å². The first-order chi connectivity index (χ1) is 12.3. The van der Waals surface area contributed by atoms with Crippen LogP contribution >= 0.6 is 24.8 Å². The molecule has 0 spiro atoms. The Morgan fingerprint density at radius 3 is 2.78 bits per heavy atom. The Labute approximate surface area is 172 Å². The molecule has 0 amide bonds. The van der Waals surface area contributed by atoms with E-state index in [4.69, 9.17) is 24.7 Å². The fourth-order valence-corrected chi connectivity index (χ4v) is 2.64. The van der Waals surface area contributed by atoms with Gasteiger partial charge in [0.25, 0.3) is 0 Å². The first kappa shape index (κ1) is 23.0. The SMILES string of the molecule is COc1cccc2c1OCC(CNCCCOc1cccc(N)c1)O2.Cl.Cl. The number of rotatable bonds is 8. The third-order valence-electron chi connectivity index (χ3n) is 3.87. The summed E-state index contributed by atoms with van der Waals surface area (Å²) >= 11 is 0. The van der Waals surface area contributed by atoms with Crippen molar-refractivity contribution in [3.8, 4) is 23.0 Å². The highest BCUT2D eigenvalue weighted by Crippen LogP contribution is 2.39. The number of fused-ring (bicyclic) bond motifs is 1. The van der Waals surface area contributed by atoms with E-state index >= 15 is 0 Å². The second kappa shape index (κ2) is 11.6. The molecule has 0 bridgehead atoms. The van der Waals surface area contributed by atoms with Crippen molar-refractivity contribution in [3.63, 3.8) is 0 Å². The van der Waals surface area contributed by atoms with Gasteiger partial charge in [-0.15, -0.1) is 24.8 Å². The molecule has 3 N–H and O–H groups in total. The maximum absolute atomic E-state index is 5.95. The van der Waals surface area contributed by atoms with Crippen molar-refractivity contribution >= 4 is 30.5 Å². The van der Waals surface area contributed by atoms with Gasteiger partial charge < -0.3 is 30.0 Å². The van der Waals surface area contributed by atoms with E-state index in [1.807, 2.05) is 42.5 Å². The van der Waals surface area contributed by atoms with Crippen LogP contribution in [0, 0.1) is 0 Å². The van der Waals surface area contributed by atoms with E-state index in [2.05, 4.69) is 5.32 Å². The summed E-state index contributed by atoms with van der Waals surface area (Å²) in [5.41, 5.74) is 6.43. The normalized spacial score (nSPS) is 14.5. The number of nitrogens with one attached hydrogen (secondary N) is 1. The molecule has 8 heteroatoms. The van der Waals surface area contributed by atoms with Crippen molar-refractivity contribution < 1.29 is 18.9 Å². The topological polar surface area (TPSA) is 75.0 Å². The molecule has 0 fully saturated rings. The fourth-order valence-electron chi connectivity index (χ4n) is 2.64. The minimum absolute atomic E-state index is 0. The molecule has 1 unspecified atom stereocenters. The Morgan fingerprint density at radius 2 is 2.00 bits per heavy atom. The van der Waals surface area contributed by atoms with Gasteiger partial charge >= 0.3 is 0 Å². The van der Waals surface area contributed by atoms with Gasteiger partial charge in [-0.05, 0) is 37.2 Å². The molecule has 0 aromatic heterocycles. The molecule has 2 aromatic rings. The van der Waals surface area contributed by atoms with Gasteiger partial charge in [0.05, 0.1) is 13.7 Å². The predicted octanol–water partition coefficient (Wildman–Crippen LogP) is 3.32. The molecule has 0 saturated carbocycles. The summed E-state index contributed by atoms with van der Waals surface area (Å²) in [6.07, 6.45) is 0.877. The maximum atomic E-state index is 5.95. The Hall–Kier alpha value is -2.02. The van der Waals surface area contributed by atoms with Gasteiger partial charge in [-0.1, -0.05) is 12.1 Å². The monoisotopic (exact) mass is 416 g/mol. The number of anilines is 1. The summed E-state index contributed by atoms with van der Waals surface area (Å²) in [6.45, 7) is 2.70. The molecule has 1 aliphatic heterocycles. The van der Waals surface area contributed by atoms with Crippen molar-refractivity contribution in [1.82, 2.24) is 5.32 Å². The average molecular weight is 417 g/mol. The molecule has 0 aliphatic carbocycles. The molecule has 150 valence electrons. The smallest absolute Gasteiger partial charge is 0.203 e. The Bertz CT molecular complexity index is 703. The summed E-state index contributed by atoms with van der Waals surface area (Å²) in [7, 11) is 1.62. The van der Waals surface area contributed by atoms with E-state index in [1.165, 1.54) is 0 Å². The predicted molar refractivity (Wildman–Crippen MR) is 111 cm³/mol. The number of methoxy groups -OCH3 is 1. The Morgan fingerprint density at radius 1 is 1.19 bits per heavy atom. The molecule has 3 rings (SSSR count). The molecule has 0 saturated heterocycles. The number of para-hydroxylation sites is 1. The summed E-state index contributed by atoms with van der Waals surface area (Å²) in [4.78, 5) is 0. The number of nitrogens with two attached hydrogens (primary N) is 1. The van der Waals surface area contributed by atoms with Crippen LogP contribution in [0.5, 0.6) is 23.0 Å². The van der Waals surface area contributed by atoms with E-state index in [0.29, 0.717) is 30.4 Å². The summed E-state index contributed by atoms with van der Waals surface area (Å²) in [5, 5.41) is 3.37. The largest absolute Gasteiger partial charge is 0.493 e. The zero-order chi connectivity index (χ0) is 17.5. The highest BCUT2D eigenvalue weighted by molar-refractivity contribution is 5.85. The van der Waals surface area contributed by atoms with Crippen molar-refractivity contribution in [2.45, 2.75) is 12.5 Å². The average Bonchev–Trinajstić information content (AvgIpc) is 2.64. The van der Waals surface area contributed by atoms with Crippen LogP contribution in [0.25, 0.3) is 0 Å². The zero-order valence-corrected chi connectivity index (χ0v) is 16.8. The van der Waals surface area contributed by atoms with Gasteiger partial charge in [-0.25, -0.2) is 0 Å². The molecule has 6 nitrogen and oxygen atoms in total. The van der Waals surface area contributed by atoms with Crippen LogP contribution in [0.4, 0.5) is 5.69 Å². The molecular weight excluding hydrogens is 391 g/mol. The molecule has 1 atom stereocenters. The number of hydrogen-bond donors (Lipinski definition) is 2. The highest BCUT2D eigenvalue weighted by atomic mass is 35.5. The minimum atomic E-state index is -0.0190. The van der Waals surface area contributed by atoms with E-state index < -0.39 is 0 Å². The second-order valence-corrected chi connectivity index (χ2v) is 5.82. The fraction of sp³-hybridized carbons (Fsp3) is 0.368. The van der Waals surface area contributed by atoms with Gasteiger partial charge in [-0.3, -0.25) is 0 Å². The number of benzene rings is 2. The van der Waals surface area contributed by atoms with E-state index in [-0.39, 0.29) is 30.9 Å². The maximum Gasteiger partial charge on any atom is 0.203 e. The van der Waals surface area contributed by atoms with Crippen LogP contribution in [0.15, 0.2) is 42.5 Å². The Kier molecular flexibility index (Phi) is 9.93. The summed E-state index contributed by atoms with van der Waals surface area (Å²) < 4.78 is 22.7. The molecule has 1 aliphatic rings. The molecule has 0 radical (unpaired) electrons. The van der Waals surface area contributed by atoms with Crippen molar-refractivity contribution in [2.24, 2.45) is 0 Å². The molecule has 2 aromatic carbocycles. The van der Waals surface area contributed by atoms with Crippen molar-refractivity contribution in [2.75, 3.05) is 39.1 Å². The number of hydrogen-bond acceptors (Lipinski definition) is 6. The van der Waals surface area contributed by atoms with E-state index in [9.17, 15) is 0 Å². The number of nitrogen functional groups attached to an aromatic ring is 1. The molecule has 27 heavy (non-hydrogen) atoms. The number of ether oxygens (including phenoxy) is 4. The van der Waals surface area contributed by atoms with E-state index in [1.54, 1.807) is 7.11 Å². The van der Waals surface area contributed by atoms with Crippen LogP contribution in [0.2, 0.25) is 0 Å². The molecular formula is C19H26Cl2N2O4. The van der Waals surface area contributed by atoms with Crippen LogP contribution in [0.3, 0.4) is 0 Å². The van der Waals surface area contributed by atoms with Gasteiger partial charge in [0.1, 0.15) is 18.5 Å². The summed E-state index contributed by atoms with van der Waals surface area (Å²) in [5.74, 6) is 2.90. The lowest BCUT2D eigenvalue weighted by atomic mass is 10.2. The van der Waals surface area contributed by atoms with Crippen LogP contribution in [-0.2, 0) is 0 Å². The van der Waals surface area contributed by atoms with E-state index in [0.717, 1.165) is 31.0 Å². The van der Waals surface area contributed by atoms with Crippen LogP contribution in [0.1, 0.15) is 6.42 Å². The first-order valence-electron chi connectivity index (χ1n) is 8.42. The standard InChI is InChI=1S/C19H24N2O4.2ClH/c1-22-17-7-3-8-18-19(17)24-13-16(25-18)12-21-9-4-10-23-15-6-2-5-14(20)11-15;;/h2-3,5-8,11,16,21H,4,9-10,12-13,20H2,1H3;2*1H. The van der Waals surface area contributed by atoms with Gasteiger partial charge in [0.15, 0.2) is 11.5 Å². The van der Waals surface area contributed by atoms with Gasteiger partial charge in [0, 0.05) is 18.3 Å². The lowest BCUT2D eigenvalue weighted by Gasteiger charge is -2.27. The number of halogens is 2. The van der Waals surface area contributed by atoms with Gasteiger partial charge in [0.2, 0.25) is 5.75 Å². The first-order valence-corrected chi connectivity index (χ1v) is 8.42. The lowest BCUT2D eigenvalue weighted by molar-refractivity contribution is 0.0871. The van der Waals surface area contributed by atoms with Crippen LogP contribution in [-0.4, -0.2) is 39.5 Å². The summed E-state index contributed by atoms with van der Waals surface area (Å²) in [6, 6.07) is 13.1. The van der Waals surface area contributed by atoms with Gasteiger partial charge in [-0.2, -0.15) is 0 Å². The minimum Gasteiger partial charge on any atom is -0.493 e. The zero-order valence-electron chi connectivity index (χ0n) is 15.2. The Balaban J connectivity index is 0.00000182. The lowest BCUT2D eigenvalue weighted by Crippen LogP contribution is -2.39. The highest BCUT2D eigenvalue weighted by Gasteiger charge is 2.23.